The first-order valence-corrected chi connectivity index (χ1v) is 11.0. The Balaban J connectivity index is 0.00000225. The Morgan fingerprint density at radius 2 is 1.61 bits per heavy atom. The van der Waals surface area contributed by atoms with Crippen LogP contribution in [-0.2, 0) is 17.6 Å². The number of hydrogen-bond acceptors (Lipinski definition) is 4. The van der Waals surface area contributed by atoms with Crippen LogP contribution in [0.4, 0.5) is 5.82 Å². The van der Waals surface area contributed by atoms with Crippen molar-refractivity contribution in [1.29, 1.82) is 0 Å². The summed E-state index contributed by atoms with van der Waals surface area (Å²) in [6, 6.07) is 0.532. The lowest BCUT2D eigenvalue weighted by atomic mass is 9.88. The van der Waals surface area contributed by atoms with E-state index >= 15 is 0 Å². The fourth-order valence-electron chi connectivity index (χ4n) is 4.79. The van der Waals surface area contributed by atoms with Crippen molar-refractivity contribution in [1.82, 2.24) is 9.88 Å². The highest BCUT2D eigenvalue weighted by Crippen LogP contribution is 2.31. The fourth-order valence-corrected chi connectivity index (χ4v) is 4.79. The molecule has 1 amide bonds. The summed E-state index contributed by atoms with van der Waals surface area (Å²) in [7, 11) is 0. The number of fused-ring (bicyclic) bond motifs is 1. The highest BCUT2D eigenvalue weighted by molar-refractivity contribution is 5.96. The molecule has 156 valence electrons. The standard InChI is InChI=1S/C22H33N3O2.ClH/c26-22(25-12-14-27-15-13-25)20-16-23-21(19-11-7-6-10-18(19)20)24-17-8-4-2-1-3-5-9-17;/h16-17H,1-15H2,(H,23,24);1H. The van der Waals surface area contributed by atoms with Crippen molar-refractivity contribution >= 4 is 24.1 Å². The molecule has 1 aromatic rings. The summed E-state index contributed by atoms with van der Waals surface area (Å²) >= 11 is 0. The van der Waals surface area contributed by atoms with E-state index < -0.39 is 0 Å². The van der Waals surface area contributed by atoms with Gasteiger partial charge in [0.15, 0.2) is 0 Å². The van der Waals surface area contributed by atoms with Gasteiger partial charge >= 0.3 is 0 Å². The highest BCUT2D eigenvalue weighted by Gasteiger charge is 2.26. The van der Waals surface area contributed by atoms with Crippen LogP contribution in [0.5, 0.6) is 0 Å². The quantitative estimate of drug-likeness (QED) is 0.807. The van der Waals surface area contributed by atoms with E-state index in [4.69, 9.17) is 9.72 Å². The van der Waals surface area contributed by atoms with Gasteiger partial charge in [-0.25, -0.2) is 4.98 Å². The van der Waals surface area contributed by atoms with Gasteiger partial charge in [0.25, 0.3) is 5.91 Å². The number of amides is 1. The summed E-state index contributed by atoms with van der Waals surface area (Å²) in [4.78, 5) is 19.8. The number of aromatic nitrogens is 1. The molecule has 3 aliphatic rings. The van der Waals surface area contributed by atoms with Crippen molar-refractivity contribution in [3.63, 3.8) is 0 Å². The Bertz CT molecular complexity index is 653. The third-order valence-corrected chi connectivity index (χ3v) is 6.38. The molecule has 0 spiro atoms. The Morgan fingerprint density at radius 1 is 0.964 bits per heavy atom. The second-order valence-corrected chi connectivity index (χ2v) is 8.28. The molecule has 0 unspecified atom stereocenters. The van der Waals surface area contributed by atoms with Gasteiger partial charge in [0.2, 0.25) is 0 Å². The summed E-state index contributed by atoms with van der Waals surface area (Å²) in [6.45, 7) is 2.66. The largest absolute Gasteiger partial charge is 0.378 e. The molecule has 2 fully saturated rings. The third kappa shape index (κ3) is 4.98. The Labute approximate surface area is 175 Å². The minimum Gasteiger partial charge on any atom is -0.378 e. The van der Waals surface area contributed by atoms with Gasteiger partial charge in [-0.3, -0.25) is 4.79 Å². The average Bonchev–Trinajstić information content (AvgIpc) is 2.70. The van der Waals surface area contributed by atoms with E-state index in [0.717, 1.165) is 24.2 Å². The van der Waals surface area contributed by atoms with Crippen LogP contribution in [0.25, 0.3) is 0 Å². The van der Waals surface area contributed by atoms with E-state index in [1.807, 2.05) is 11.1 Å². The van der Waals surface area contributed by atoms with Crippen LogP contribution in [0.2, 0.25) is 0 Å². The maximum absolute atomic E-state index is 13.1. The zero-order valence-electron chi connectivity index (χ0n) is 16.9. The van der Waals surface area contributed by atoms with E-state index in [2.05, 4.69) is 5.32 Å². The van der Waals surface area contributed by atoms with Gasteiger partial charge in [-0.1, -0.05) is 32.1 Å². The summed E-state index contributed by atoms with van der Waals surface area (Å²) < 4.78 is 5.40. The first-order valence-electron chi connectivity index (χ1n) is 11.0. The smallest absolute Gasteiger partial charge is 0.255 e. The van der Waals surface area contributed by atoms with Crippen molar-refractivity contribution < 1.29 is 9.53 Å². The number of pyridine rings is 1. The average molecular weight is 408 g/mol. The Morgan fingerprint density at radius 3 is 2.32 bits per heavy atom. The molecule has 6 heteroatoms. The molecule has 5 nitrogen and oxygen atoms in total. The normalized spacial score (nSPS) is 21.1. The van der Waals surface area contributed by atoms with Gasteiger partial charge in [0, 0.05) is 25.3 Å². The predicted octanol–water partition coefficient (Wildman–Crippen LogP) is 4.38. The van der Waals surface area contributed by atoms with E-state index in [0.29, 0.717) is 32.3 Å². The monoisotopic (exact) mass is 407 g/mol. The number of ether oxygens (including phenoxy) is 1. The van der Waals surface area contributed by atoms with Crippen LogP contribution >= 0.6 is 12.4 Å². The second kappa shape index (κ2) is 10.4. The second-order valence-electron chi connectivity index (χ2n) is 8.28. The van der Waals surface area contributed by atoms with Gasteiger partial charge in [0.1, 0.15) is 5.82 Å². The molecule has 1 aliphatic heterocycles. The molecule has 0 bridgehead atoms. The van der Waals surface area contributed by atoms with Crippen LogP contribution in [0, 0.1) is 0 Å². The zero-order valence-corrected chi connectivity index (χ0v) is 17.7. The van der Waals surface area contributed by atoms with Gasteiger partial charge in [-0.15, -0.1) is 12.4 Å². The van der Waals surface area contributed by atoms with Crippen molar-refractivity contribution in [3.8, 4) is 0 Å². The number of anilines is 1. The fraction of sp³-hybridized carbons (Fsp3) is 0.727. The summed E-state index contributed by atoms with van der Waals surface area (Å²) in [6.07, 6.45) is 15.5. The van der Waals surface area contributed by atoms with E-state index in [1.54, 1.807) is 0 Å². The minimum atomic E-state index is 0. The van der Waals surface area contributed by atoms with Crippen LogP contribution in [-0.4, -0.2) is 48.1 Å². The molecule has 0 atom stereocenters. The van der Waals surface area contributed by atoms with Crippen LogP contribution in [0.1, 0.15) is 79.3 Å². The Hall–Kier alpha value is -1.33. The van der Waals surface area contributed by atoms with E-state index in [9.17, 15) is 4.79 Å². The lowest BCUT2D eigenvalue weighted by Gasteiger charge is -2.30. The molecule has 1 saturated heterocycles. The molecule has 1 aromatic heterocycles. The van der Waals surface area contributed by atoms with Gasteiger partial charge < -0.3 is 15.0 Å². The number of carbonyl (C=O) groups excluding carboxylic acids is 1. The molecular formula is C22H34ClN3O2. The number of hydrogen-bond donors (Lipinski definition) is 1. The highest BCUT2D eigenvalue weighted by atomic mass is 35.5. The Kier molecular flexibility index (Phi) is 7.98. The molecular weight excluding hydrogens is 374 g/mol. The number of morpholine rings is 1. The molecule has 28 heavy (non-hydrogen) atoms. The SMILES string of the molecule is Cl.O=C(c1cnc(NC2CCCCCCC2)c2c1CCCC2)N1CCOCC1. The minimum absolute atomic E-state index is 0. The van der Waals surface area contributed by atoms with E-state index in [-0.39, 0.29) is 18.3 Å². The number of carbonyl (C=O) groups is 1. The topological polar surface area (TPSA) is 54.5 Å². The number of nitrogens with one attached hydrogen (secondary N) is 1. The van der Waals surface area contributed by atoms with Crippen molar-refractivity contribution in [2.45, 2.75) is 76.7 Å². The summed E-state index contributed by atoms with van der Waals surface area (Å²) in [5.41, 5.74) is 3.39. The molecule has 0 radical (unpaired) electrons. The molecule has 2 aliphatic carbocycles. The molecule has 2 heterocycles. The maximum atomic E-state index is 13.1. The van der Waals surface area contributed by atoms with Crippen molar-refractivity contribution in [2.75, 3.05) is 31.6 Å². The van der Waals surface area contributed by atoms with Crippen LogP contribution in [0.3, 0.4) is 0 Å². The zero-order chi connectivity index (χ0) is 18.5. The van der Waals surface area contributed by atoms with Crippen LogP contribution < -0.4 is 5.32 Å². The summed E-state index contributed by atoms with van der Waals surface area (Å²) in [5, 5.41) is 3.77. The number of rotatable bonds is 3. The maximum Gasteiger partial charge on any atom is 0.255 e. The lowest BCUT2D eigenvalue weighted by Crippen LogP contribution is -2.41. The first kappa shape index (κ1) is 21.4. The molecule has 4 rings (SSSR count). The molecule has 0 aromatic carbocycles. The van der Waals surface area contributed by atoms with Crippen molar-refractivity contribution in [2.24, 2.45) is 0 Å². The molecule has 1 saturated carbocycles. The number of nitrogens with zero attached hydrogens (tertiary/aromatic N) is 2. The van der Waals surface area contributed by atoms with Gasteiger partial charge in [-0.05, 0) is 49.7 Å². The number of halogens is 1. The van der Waals surface area contributed by atoms with E-state index in [1.165, 1.54) is 68.9 Å². The van der Waals surface area contributed by atoms with Gasteiger partial charge in [-0.2, -0.15) is 0 Å². The predicted molar refractivity (Wildman–Crippen MR) is 115 cm³/mol. The third-order valence-electron chi connectivity index (χ3n) is 6.38. The lowest BCUT2D eigenvalue weighted by molar-refractivity contribution is 0.0301. The summed E-state index contributed by atoms with van der Waals surface area (Å²) in [5.74, 6) is 1.19. The molecule has 1 N–H and O–H groups in total. The van der Waals surface area contributed by atoms with Crippen molar-refractivity contribution in [3.05, 3.63) is 22.9 Å². The van der Waals surface area contributed by atoms with Gasteiger partial charge in [0.05, 0.1) is 18.8 Å². The van der Waals surface area contributed by atoms with Crippen LogP contribution in [0.15, 0.2) is 6.20 Å². The first-order chi connectivity index (χ1) is 13.3.